The Hall–Kier alpha value is -0.840. The van der Waals surface area contributed by atoms with Crippen LogP contribution in [0.25, 0.3) is 0 Å². The lowest BCUT2D eigenvalue weighted by molar-refractivity contribution is 0.0547. The number of hydrogen-bond acceptors (Lipinski definition) is 4. The predicted octanol–water partition coefficient (Wildman–Crippen LogP) is 1.48. The van der Waals surface area contributed by atoms with Crippen molar-refractivity contribution in [3.05, 3.63) is 23.7 Å². The van der Waals surface area contributed by atoms with Gasteiger partial charge in [0.05, 0.1) is 6.04 Å². The number of rotatable bonds is 4. The molecule has 2 atom stereocenters. The highest BCUT2D eigenvalue weighted by atomic mass is 16.3. The van der Waals surface area contributed by atoms with Crippen molar-refractivity contribution in [3.8, 4) is 0 Å². The summed E-state index contributed by atoms with van der Waals surface area (Å²) in [6, 6.07) is 4.89. The van der Waals surface area contributed by atoms with Gasteiger partial charge in [-0.2, -0.15) is 0 Å². The van der Waals surface area contributed by atoms with Gasteiger partial charge in [-0.3, -0.25) is 4.90 Å². The van der Waals surface area contributed by atoms with Crippen molar-refractivity contribution < 1.29 is 4.42 Å². The van der Waals surface area contributed by atoms with Crippen LogP contribution < -0.4 is 5.73 Å². The lowest BCUT2D eigenvalue weighted by Crippen LogP contribution is -2.52. The summed E-state index contributed by atoms with van der Waals surface area (Å²) in [5.41, 5.74) is 5.97. The zero-order chi connectivity index (χ0) is 13.1. The zero-order valence-electron chi connectivity index (χ0n) is 11.7. The molecule has 1 saturated heterocycles. The van der Waals surface area contributed by atoms with Gasteiger partial charge >= 0.3 is 0 Å². The second-order valence-electron chi connectivity index (χ2n) is 5.26. The first-order valence-corrected chi connectivity index (χ1v) is 6.88. The second-order valence-corrected chi connectivity index (χ2v) is 5.26. The molecule has 2 heterocycles. The van der Waals surface area contributed by atoms with Crippen molar-refractivity contribution in [2.75, 3.05) is 33.2 Å². The zero-order valence-corrected chi connectivity index (χ0v) is 11.7. The van der Waals surface area contributed by atoms with Crippen LogP contribution in [-0.4, -0.2) is 49.1 Å². The molecule has 2 rings (SSSR count). The monoisotopic (exact) mass is 251 g/mol. The molecule has 2 N–H and O–H groups in total. The molecule has 4 nitrogen and oxygen atoms in total. The summed E-state index contributed by atoms with van der Waals surface area (Å²) >= 11 is 0. The molecule has 0 bridgehead atoms. The van der Waals surface area contributed by atoms with Crippen LogP contribution in [0.2, 0.25) is 0 Å². The van der Waals surface area contributed by atoms with Gasteiger partial charge in [-0.1, -0.05) is 6.92 Å². The standard InChI is InChI=1S/C14H25N3O/c1-4-12-5-6-14(18-12)13(9-15)17-8-7-16(3)10-11(17)2/h5-6,11,13H,4,7-10,15H2,1-3H3. The predicted molar refractivity (Wildman–Crippen MR) is 73.5 cm³/mol. The quantitative estimate of drug-likeness (QED) is 0.880. The van der Waals surface area contributed by atoms with Crippen molar-refractivity contribution in [1.82, 2.24) is 9.80 Å². The van der Waals surface area contributed by atoms with E-state index in [-0.39, 0.29) is 6.04 Å². The minimum atomic E-state index is 0.217. The normalized spacial score (nSPS) is 24.3. The molecule has 1 aliphatic heterocycles. The van der Waals surface area contributed by atoms with Crippen LogP contribution in [0.5, 0.6) is 0 Å². The third-order valence-corrected chi connectivity index (χ3v) is 3.86. The van der Waals surface area contributed by atoms with Gasteiger partial charge in [-0.15, -0.1) is 0 Å². The summed E-state index contributed by atoms with van der Waals surface area (Å²) in [5, 5.41) is 0. The van der Waals surface area contributed by atoms with Gasteiger partial charge in [0.1, 0.15) is 11.5 Å². The molecule has 18 heavy (non-hydrogen) atoms. The summed E-state index contributed by atoms with van der Waals surface area (Å²) < 4.78 is 5.88. The van der Waals surface area contributed by atoms with Crippen LogP contribution in [0.1, 0.15) is 31.4 Å². The van der Waals surface area contributed by atoms with Crippen molar-refractivity contribution in [1.29, 1.82) is 0 Å². The maximum atomic E-state index is 5.97. The number of nitrogens with zero attached hydrogens (tertiary/aromatic N) is 2. The van der Waals surface area contributed by atoms with Gasteiger partial charge in [-0.05, 0) is 26.1 Å². The van der Waals surface area contributed by atoms with Gasteiger partial charge in [0.2, 0.25) is 0 Å². The van der Waals surface area contributed by atoms with Gasteiger partial charge in [0.15, 0.2) is 0 Å². The fourth-order valence-corrected chi connectivity index (χ4v) is 2.80. The molecule has 0 aromatic carbocycles. The van der Waals surface area contributed by atoms with E-state index in [1.54, 1.807) is 0 Å². The number of piperazine rings is 1. The molecule has 4 heteroatoms. The average molecular weight is 251 g/mol. The Balaban J connectivity index is 2.12. The minimum Gasteiger partial charge on any atom is -0.464 e. The molecule has 0 aliphatic carbocycles. The number of likely N-dealkylation sites (N-methyl/N-ethyl adjacent to an activating group) is 1. The van der Waals surface area contributed by atoms with Gasteiger partial charge in [0, 0.05) is 38.6 Å². The molecule has 0 radical (unpaired) electrons. The van der Waals surface area contributed by atoms with E-state index in [0.717, 1.165) is 37.6 Å². The average Bonchev–Trinajstić information content (AvgIpc) is 2.81. The number of furan rings is 1. The van der Waals surface area contributed by atoms with Crippen molar-refractivity contribution in [2.24, 2.45) is 5.73 Å². The fourth-order valence-electron chi connectivity index (χ4n) is 2.80. The molecule has 1 aliphatic rings. The Morgan fingerprint density at radius 1 is 1.44 bits per heavy atom. The molecule has 2 unspecified atom stereocenters. The van der Waals surface area contributed by atoms with E-state index in [1.807, 2.05) is 0 Å². The van der Waals surface area contributed by atoms with E-state index in [2.05, 4.69) is 42.8 Å². The van der Waals surface area contributed by atoms with Crippen LogP contribution in [-0.2, 0) is 6.42 Å². The number of hydrogen-bond donors (Lipinski definition) is 1. The highest BCUT2D eigenvalue weighted by molar-refractivity contribution is 5.12. The molecule has 1 aromatic rings. The molecular weight excluding hydrogens is 226 g/mol. The lowest BCUT2D eigenvalue weighted by Gasteiger charge is -2.41. The van der Waals surface area contributed by atoms with E-state index in [1.165, 1.54) is 0 Å². The first-order chi connectivity index (χ1) is 8.65. The van der Waals surface area contributed by atoms with Crippen molar-refractivity contribution >= 4 is 0 Å². The van der Waals surface area contributed by atoms with E-state index < -0.39 is 0 Å². The molecule has 1 fully saturated rings. The van der Waals surface area contributed by atoms with E-state index in [9.17, 15) is 0 Å². The van der Waals surface area contributed by atoms with Crippen LogP contribution in [0.3, 0.4) is 0 Å². The van der Waals surface area contributed by atoms with Crippen LogP contribution in [0.15, 0.2) is 16.5 Å². The van der Waals surface area contributed by atoms with Crippen LogP contribution in [0, 0.1) is 0 Å². The molecule has 0 spiro atoms. The fraction of sp³-hybridized carbons (Fsp3) is 0.714. The largest absolute Gasteiger partial charge is 0.464 e. The number of aryl methyl sites for hydroxylation is 1. The van der Waals surface area contributed by atoms with Crippen molar-refractivity contribution in [3.63, 3.8) is 0 Å². The Bertz CT molecular complexity index is 377. The summed E-state index contributed by atoms with van der Waals surface area (Å²) in [6.07, 6.45) is 0.940. The molecule has 0 saturated carbocycles. The summed E-state index contributed by atoms with van der Waals surface area (Å²) in [4.78, 5) is 4.84. The molecular formula is C14H25N3O. The minimum absolute atomic E-state index is 0.217. The third kappa shape index (κ3) is 2.76. The smallest absolute Gasteiger partial charge is 0.122 e. The molecule has 1 aromatic heterocycles. The number of nitrogens with two attached hydrogens (primary N) is 1. The first-order valence-electron chi connectivity index (χ1n) is 6.88. The Morgan fingerprint density at radius 2 is 2.22 bits per heavy atom. The SMILES string of the molecule is CCc1ccc(C(CN)N2CCN(C)CC2C)o1. The van der Waals surface area contributed by atoms with Gasteiger partial charge in [0.25, 0.3) is 0 Å². The topological polar surface area (TPSA) is 45.6 Å². The van der Waals surface area contributed by atoms with Gasteiger partial charge < -0.3 is 15.1 Å². The van der Waals surface area contributed by atoms with E-state index in [0.29, 0.717) is 12.6 Å². The second kappa shape index (κ2) is 5.87. The summed E-state index contributed by atoms with van der Waals surface area (Å²) in [5.74, 6) is 2.07. The van der Waals surface area contributed by atoms with Gasteiger partial charge in [-0.25, -0.2) is 0 Å². The van der Waals surface area contributed by atoms with E-state index >= 15 is 0 Å². The summed E-state index contributed by atoms with van der Waals surface area (Å²) in [7, 11) is 2.17. The molecule has 102 valence electrons. The highest BCUT2D eigenvalue weighted by Crippen LogP contribution is 2.26. The van der Waals surface area contributed by atoms with E-state index in [4.69, 9.17) is 10.2 Å². The first kappa shape index (κ1) is 13.6. The van der Waals surface area contributed by atoms with Crippen molar-refractivity contribution in [2.45, 2.75) is 32.4 Å². The Morgan fingerprint density at radius 3 is 2.78 bits per heavy atom. The maximum absolute atomic E-state index is 5.97. The third-order valence-electron chi connectivity index (χ3n) is 3.86. The Labute approximate surface area is 110 Å². The molecule has 0 amide bonds. The summed E-state index contributed by atoms with van der Waals surface area (Å²) in [6.45, 7) is 8.24. The highest BCUT2D eigenvalue weighted by Gasteiger charge is 2.29. The van der Waals surface area contributed by atoms with Crippen LogP contribution >= 0.6 is 0 Å². The lowest BCUT2D eigenvalue weighted by atomic mass is 10.1. The Kier molecular flexibility index (Phi) is 4.43. The van der Waals surface area contributed by atoms with Crippen LogP contribution in [0.4, 0.5) is 0 Å². The maximum Gasteiger partial charge on any atom is 0.122 e.